The summed E-state index contributed by atoms with van der Waals surface area (Å²) in [5.41, 5.74) is 10.3. The lowest BCUT2D eigenvalue weighted by atomic mass is 9.94. The number of hydrogen-bond acceptors (Lipinski definition) is 7. The molecule has 0 aliphatic rings. The molecule has 0 atom stereocenters. The summed E-state index contributed by atoms with van der Waals surface area (Å²) in [5.74, 6) is 1.36. The van der Waals surface area contributed by atoms with Gasteiger partial charge in [-0.05, 0) is 76.6 Å². The fourth-order valence-electron chi connectivity index (χ4n) is 4.35. The zero-order valence-corrected chi connectivity index (χ0v) is 27.7. The van der Waals surface area contributed by atoms with E-state index in [0.29, 0.717) is 17.7 Å². The summed E-state index contributed by atoms with van der Waals surface area (Å²) in [7, 11) is 0. The lowest BCUT2D eigenvalue weighted by molar-refractivity contribution is -0.136. The van der Waals surface area contributed by atoms with Gasteiger partial charge in [0.25, 0.3) is 0 Å². The van der Waals surface area contributed by atoms with E-state index < -0.39 is 17.7 Å². The first-order chi connectivity index (χ1) is 19.8. The molecule has 1 aromatic heterocycles. The second-order valence-electron chi connectivity index (χ2n) is 11.4. The van der Waals surface area contributed by atoms with Crippen LogP contribution in [0.3, 0.4) is 0 Å². The highest BCUT2D eigenvalue weighted by Crippen LogP contribution is 2.29. The molecule has 0 bridgehead atoms. The molecule has 2 aromatic carbocycles. The van der Waals surface area contributed by atoms with Crippen molar-refractivity contribution >= 4 is 40.8 Å². The first kappa shape index (κ1) is 35.2. The summed E-state index contributed by atoms with van der Waals surface area (Å²) >= 11 is 3.36. The molecular formula is C33H47N3O4S2. The van der Waals surface area contributed by atoms with E-state index in [1.807, 2.05) is 0 Å². The number of carbonyl (C=O) groups excluding carboxylic acids is 1. The zero-order chi connectivity index (χ0) is 31.3. The quantitative estimate of drug-likeness (QED) is 0.186. The summed E-state index contributed by atoms with van der Waals surface area (Å²) in [6, 6.07) is 17.9. The van der Waals surface area contributed by atoms with E-state index in [1.165, 1.54) is 29.7 Å². The number of thioether (sulfide) groups is 1. The fourth-order valence-corrected chi connectivity index (χ4v) is 6.05. The minimum Gasteiger partial charge on any atom is -0.481 e. The predicted molar refractivity (Wildman–Crippen MR) is 177 cm³/mol. The summed E-state index contributed by atoms with van der Waals surface area (Å²) < 4.78 is 4.58. The first-order valence-electron chi connectivity index (χ1n) is 14.5. The van der Waals surface area contributed by atoms with Gasteiger partial charge in [-0.25, -0.2) is 9.78 Å². The molecule has 0 radical (unpaired) electrons. The van der Waals surface area contributed by atoms with Crippen LogP contribution in [0.1, 0.15) is 89.8 Å². The Bertz CT molecular complexity index is 1230. The van der Waals surface area contributed by atoms with Crippen molar-refractivity contribution in [3.63, 3.8) is 0 Å². The molecule has 0 saturated carbocycles. The maximum atomic E-state index is 10.6. The van der Waals surface area contributed by atoms with Crippen molar-refractivity contribution in [2.45, 2.75) is 97.6 Å². The van der Waals surface area contributed by atoms with Crippen molar-refractivity contribution in [1.82, 2.24) is 4.98 Å². The van der Waals surface area contributed by atoms with E-state index in [0.717, 1.165) is 28.6 Å². The van der Waals surface area contributed by atoms with Crippen LogP contribution in [-0.2, 0) is 21.8 Å². The monoisotopic (exact) mass is 613 g/mol. The molecule has 9 heteroatoms. The Kier molecular flexibility index (Phi) is 14.4. The van der Waals surface area contributed by atoms with Crippen LogP contribution < -0.4 is 10.6 Å². The number of ether oxygens (including phenoxy) is 1. The number of carboxylic acids is 1. The number of thiazole rings is 1. The van der Waals surface area contributed by atoms with E-state index in [1.54, 1.807) is 43.9 Å². The number of carbonyl (C=O) groups is 2. The van der Waals surface area contributed by atoms with Crippen LogP contribution in [-0.4, -0.2) is 39.5 Å². The smallest absolute Gasteiger partial charge is 0.405 e. The Morgan fingerprint density at radius 1 is 1.05 bits per heavy atom. The Hall–Kier alpha value is -3.04. The van der Waals surface area contributed by atoms with Crippen LogP contribution in [0.25, 0.3) is 11.3 Å². The molecule has 0 aliphatic carbocycles. The van der Waals surface area contributed by atoms with Gasteiger partial charge in [0.1, 0.15) is 10.6 Å². The molecular weight excluding hydrogens is 567 g/mol. The lowest BCUT2D eigenvalue weighted by Gasteiger charge is -2.28. The van der Waals surface area contributed by atoms with Crippen LogP contribution in [0.5, 0.6) is 0 Å². The summed E-state index contributed by atoms with van der Waals surface area (Å²) in [5, 5.41) is 12.0. The van der Waals surface area contributed by atoms with Crippen LogP contribution in [0.2, 0.25) is 0 Å². The standard InChI is InChI=1S/C28H36N2O2S2.C5H11NO2/c1-5-22(6-2)23-11-13-25(14-12-23)30(20(3)4)17-27-29-26(19-34-27)24-9-7-21(8-10-24)18-33-16-15-28(31)32;1-5(2,3)8-4(6)7/h7-14,19-20,22H,5-6,15-18H2,1-4H3,(H,31,32);1-3H3,(H2,6,7). The highest BCUT2D eigenvalue weighted by Gasteiger charge is 2.16. The van der Waals surface area contributed by atoms with Crippen molar-refractivity contribution in [1.29, 1.82) is 0 Å². The third kappa shape index (κ3) is 12.4. The number of carboxylic acid groups (broad SMARTS) is 1. The Labute approximate surface area is 259 Å². The Morgan fingerprint density at radius 3 is 2.14 bits per heavy atom. The third-order valence-electron chi connectivity index (χ3n) is 6.55. The van der Waals surface area contributed by atoms with Gasteiger partial charge < -0.3 is 20.5 Å². The number of rotatable bonds is 13. The normalized spacial score (nSPS) is 11.3. The number of aliphatic carboxylic acids is 1. The SMILES string of the molecule is CC(C)(C)OC(N)=O.CCC(CC)c1ccc(N(Cc2nc(-c3ccc(CSCCC(=O)O)cc3)cs2)C(C)C)cc1. The maximum absolute atomic E-state index is 10.6. The number of benzene rings is 2. The number of anilines is 1. The van der Waals surface area contributed by atoms with E-state index in [2.05, 4.69) is 91.2 Å². The van der Waals surface area contributed by atoms with Crippen LogP contribution >= 0.6 is 23.1 Å². The van der Waals surface area contributed by atoms with Crippen LogP contribution in [0.4, 0.5) is 10.5 Å². The molecule has 0 unspecified atom stereocenters. The summed E-state index contributed by atoms with van der Waals surface area (Å²) in [6.07, 6.45) is 1.84. The van der Waals surface area contributed by atoms with Gasteiger partial charge in [-0.15, -0.1) is 11.3 Å². The average molecular weight is 614 g/mol. The molecule has 3 aromatic rings. The van der Waals surface area contributed by atoms with Crippen molar-refractivity contribution in [2.75, 3.05) is 10.7 Å². The molecule has 0 spiro atoms. The van der Waals surface area contributed by atoms with Gasteiger partial charge in [-0.2, -0.15) is 11.8 Å². The van der Waals surface area contributed by atoms with Gasteiger partial charge in [-0.1, -0.05) is 50.2 Å². The van der Waals surface area contributed by atoms with E-state index >= 15 is 0 Å². The summed E-state index contributed by atoms with van der Waals surface area (Å²) in [6.45, 7) is 15.1. The molecule has 230 valence electrons. The molecule has 0 saturated heterocycles. The molecule has 1 amide bonds. The number of amides is 1. The Balaban J connectivity index is 0.000000675. The minimum absolute atomic E-state index is 0.208. The van der Waals surface area contributed by atoms with Gasteiger partial charge >= 0.3 is 12.1 Å². The molecule has 42 heavy (non-hydrogen) atoms. The molecule has 1 heterocycles. The van der Waals surface area contributed by atoms with Crippen molar-refractivity contribution in [3.05, 3.63) is 70.0 Å². The van der Waals surface area contributed by atoms with Gasteiger partial charge in [0, 0.05) is 34.2 Å². The van der Waals surface area contributed by atoms with E-state index in [-0.39, 0.29) is 6.42 Å². The number of hydrogen-bond donors (Lipinski definition) is 2. The predicted octanol–water partition coefficient (Wildman–Crippen LogP) is 8.72. The largest absolute Gasteiger partial charge is 0.481 e. The average Bonchev–Trinajstić information content (AvgIpc) is 3.39. The zero-order valence-electron chi connectivity index (χ0n) is 26.1. The topological polar surface area (TPSA) is 106 Å². The van der Waals surface area contributed by atoms with Crippen LogP contribution in [0.15, 0.2) is 53.9 Å². The molecule has 0 aliphatic heterocycles. The van der Waals surface area contributed by atoms with Crippen LogP contribution in [0, 0.1) is 0 Å². The minimum atomic E-state index is -0.739. The van der Waals surface area contributed by atoms with Crippen molar-refractivity contribution in [3.8, 4) is 11.3 Å². The maximum Gasteiger partial charge on any atom is 0.405 e. The van der Waals surface area contributed by atoms with Gasteiger partial charge in [-0.3, -0.25) is 4.79 Å². The number of nitrogens with zero attached hydrogens (tertiary/aromatic N) is 2. The number of nitrogens with two attached hydrogens (primary N) is 1. The van der Waals surface area contributed by atoms with E-state index in [4.69, 9.17) is 15.8 Å². The van der Waals surface area contributed by atoms with E-state index in [9.17, 15) is 9.59 Å². The Morgan fingerprint density at radius 2 is 1.67 bits per heavy atom. The summed E-state index contributed by atoms with van der Waals surface area (Å²) in [4.78, 5) is 28.0. The number of primary amides is 1. The molecule has 0 fully saturated rings. The van der Waals surface area contributed by atoms with Crippen molar-refractivity contribution < 1.29 is 19.4 Å². The highest BCUT2D eigenvalue weighted by molar-refractivity contribution is 7.98. The highest BCUT2D eigenvalue weighted by atomic mass is 32.2. The van der Waals surface area contributed by atoms with Gasteiger partial charge in [0.15, 0.2) is 0 Å². The second-order valence-corrected chi connectivity index (χ2v) is 13.4. The second kappa shape index (κ2) is 17.2. The fraction of sp³-hybridized carbons (Fsp3) is 0.485. The number of aromatic nitrogens is 1. The molecule has 3 rings (SSSR count). The third-order valence-corrected chi connectivity index (χ3v) is 8.41. The lowest BCUT2D eigenvalue weighted by Crippen LogP contribution is -2.30. The van der Waals surface area contributed by atoms with Crippen molar-refractivity contribution in [2.24, 2.45) is 5.73 Å². The van der Waals surface area contributed by atoms with Gasteiger partial charge in [0.05, 0.1) is 18.7 Å². The molecule has 7 nitrogen and oxygen atoms in total. The molecule has 3 N–H and O–H groups in total. The first-order valence-corrected chi connectivity index (χ1v) is 16.5. The van der Waals surface area contributed by atoms with Gasteiger partial charge in [0.2, 0.25) is 0 Å².